The molecular weight excluding hydrogens is 128 g/mol. The highest BCUT2D eigenvalue weighted by Crippen LogP contribution is 2.27. The van der Waals surface area contributed by atoms with Crippen molar-refractivity contribution in [2.45, 2.75) is 44.8 Å². The van der Waals surface area contributed by atoms with Crippen LogP contribution in [-0.4, -0.2) is 23.4 Å². The fourth-order valence-electron chi connectivity index (χ4n) is 1.29. The van der Waals surface area contributed by atoms with Gasteiger partial charge in [-0.05, 0) is 33.1 Å². The molecule has 2 heteroatoms. The number of hydrogen-bond donors (Lipinski definition) is 1. The predicted octanol–water partition coefficient (Wildman–Crippen LogP) is 1.33. The molecule has 1 saturated heterocycles. The van der Waals surface area contributed by atoms with Gasteiger partial charge in [0.1, 0.15) is 0 Å². The van der Waals surface area contributed by atoms with Gasteiger partial charge in [-0.3, -0.25) is 0 Å². The van der Waals surface area contributed by atoms with Crippen LogP contribution in [0.3, 0.4) is 0 Å². The minimum atomic E-state index is -0.340. The summed E-state index contributed by atoms with van der Waals surface area (Å²) in [6, 6.07) is 0. The Labute approximate surface area is 62.2 Å². The van der Waals surface area contributed by atoms with E-state index in [0.29, 0.717) is 0 Å². The normalized spacial score (nSPS) is 37.5. The Morgan fingerprint density at radius 2 is 2.20 bits per heavy atom. The maximum atomic E-state index is 9.31. The first-order valence-electron chi connectivity index (χ1n) is 3.97. The van der Waals surface area contributed by atoms with E-state index in [1.54, 1.807) is 6.92 Å². The maximum absolute atomic E-state index is 9.31. The molecule has 0 aromatic heterocycles. The number of aliphatic hydroxyl groups excluding tert-OH is 1. The molecule has 60 valence electrons. The predicted molar refractivity (Wildman–Crippen MR) is 39.9 cm³/mol. The Kier molecular flexibility index (Phi) is 2.32. The van der Waals surface area contributed by atoms with Crippen LogP contribution in [0.2, 0.25) is 0 Å². The lowest BCUT2D eigenvalue weighted by Crippen LogP contribution is -2.42. The second-order valence-corrected chi connectivity index (χ2v) is 3.29. The Bertz CT molecular complexity index is 104. The van der Waals surface area contributed by atoms with Gasteiger partial charge in [0, 0.05) is 6.61 Å². The van der Waals surface area contributed by atoms with E-state index in [9.17, 15) is 5.11 Å². The van der Waals surface area contributed by atoms with E-state index < -0.39 is 0 Å². The summed E-state index contributed by atoms with van der Waals surface area (Å²) in [6.45, 7) is 4.59. The van der Waals surface area contributed by atoms with Crippen molar-refractivity contribution in [3.05, 3.63) is 0 Å². The minimum Gasteiger partial charge on any atom is -0.390 e. The first-order valence-corrected chi connectivity index (χ1v) is 3.97. The highest BCUT2D eigenvalue weighted by atomic mass is 16.5. The molecule has 10 heavy (non-hydrogen) atoms. The fourth-order valence-corrected chi connectivity index (χ4v) is 1.29. The number of hydrogen-bond acceptors (Lipinski definition) is 2. The molecule has 0 spiro atoms. The van der Waals surface area contributed by atoms with Gasteiger partial charge in [-0.2, -0.15) is 0 Å². The molecule has 1 unspecified atom stereocenters. The molecule has 2 atom stereocenters. The summed E-state index contributed by atoms with van der Waals surface area (Å²) < 4.78 is 5.48. The maximum Gasteiger partial charge on any atom is 0.0909 e. The van der Waals surface area contributed by atoms with Crippen LogP contribution in [0.1, 0.15) is 33.1 Å². The molecule has 0 amide bonds. The van der Waals surface area contributed by atoms with Gasteiger partial charge in [-0.25, -0.2) is 0 Å². The monoisotopic (exact) mass is 144 g/mol. The van der Waals surface area contributed by atoms with Gasteiger partial charge in [0.2, 0.25) is 0 Å². The SMILES string of the molecule is C[C@H](O)C1(C)CCCCO1. The van der Waals surface area contributed by atoms with Gasteiger partial charge in [0.15, 0.2) is 0 Å². The minimum absolute atomic E-state index is 0.266. The van der Waals surface area contributed by atoms with E-state index in [1.165, 1.54) is 6.42 Å². The van der Waals surface area contributed by atoms with Gasteiger partial charge in [0.05, 0.1) is 11.7 Å². The number of rotatable bonds is 1. The first kappa shape index (κ1) is 8.02. The zero-order valence-electron chi connectivity index (χ0n) is 6.76. The van der Waals surface area contributed by atoms with E-state index in [-0.39, 0.29) is 11.7 Å². The summed E-state index contributed by atoms with van der Waals surface area (Å²) in [6.07, 6.45) is 2.97. The van der Waals surface area contributed by atoms with Crippen molar-refractivity contribution >= 4 is 0 Å². The van der Waals surface area contributed by atoms with Crippen LogP contribution in [0, 0.1) is 0 Å². The van der Waals surface area contributed by atoms with Gasteiger partial charge in [0.25, 0.3) is 0 Å². The molecule has 1 fully saturated rings. The molecule has 1 heterocycles. The van der Waals surface area contributed by atoms with Crippen LogP contribution < -0.4 is 0 Å². The Morgan fingerprint density at radius 1 is 1.50 bits per heavy atom. The molecule has 1 aliphatic heterocycles. The Balaban J connectivity index is 2.48. The van der Waals surface area contributed by atoms with Gasteiger partial charge < -0.3 is 9.84 Å². The summed E-state index contributed by atoms with van der Waals surface area (Å²) in [5.74, 6) is 0. The lowest BCUT2D eigenvalue weighted by molar-refractivity contribution is -0.129. The van der Waals surface area contributed by atoms with Gasteiger partial charge in [-0.1, -0.05) is 0 Å². The van der Waals surface area contributed by atoms with Gasteiger partial charge >= 0.3 is 0 Å². The molecule has 1 rings (SSSR count). The van der Waals surface area contributed by atoms with Crippen LogP contribution in [0.25, 0.3) is 0 Å². The molecular formula is C8H16O2. The summed E-state index contributed by atoms with van der Waals surface area (Å²) >= 11 is 0. The average molecular weight is 144 g/mol. The third-order valence-electron chi connectivity index (χ3n) is 2.38. The van der Waals surface area contributed by atoms with E-state index in [2.05, 4.69) is 0 Å². The Morgan fingerprint density at radius 3 is 2.50 bits per heavy atom. The second kappa shape index (κ2) is 2.89. The van der Waals surface area contributed by atoms with Crippen molar-refractivity contribution in [2.24, 2.45) is 0 Å². The molecule has 0 aromatic carbocycles. The smallest absolute Gasteiger partial charge is 0.0909 e. The van der Waals surface area contributed by atoms with Crippen LogP contribution in [0.4, 0.5) is 0 Å². The number of aliphatic hydroxyl groups is 1. The average Bonchev–Trinajstić information content (AvgIpc) is 1.89. The van der Waals surface area contributed by atoms with E-state index >= 15 is 0 Å². The van der Waals surface area contributed by atoms with E-state index in [1.807, 2.05) is 6.92 Å². The molecule has 1 aliphatic rings. The molecule has 0 radical (unpaired) electrons. The lowest BCUT2D eigenvalue weighted by Gasteiger charge is -2.36. The standard InChI is InChI=1S/C8H16O2/c1-7(9)8(2)5-3-4-6-10-8/h7,9H,3-6H2,1-2H3/t7-,8?/m0/s1. The van der Waals surface area contributed by atoms with Crippen LogP contribution in [0.15, 0.2) is 0 Å². The van der Waals surface area contributed by atoms with Crippen molar-refractivity contribution in [1.29, 1.82) is 0 Å². The molecule has 0 saturated carbocycles. The zero-order chi connectivity index (χ0) is 7.61. The third-order valence-corrected chi connectivity index (χ3v) is 2.38. The van der Waals surface area contributed by atoms with Crippen molar-refractivity contribution in [1.82, 2.24) is 0 Å². The van der Waals surface area contributed by atoms with Crippen molar-refractivity contribution in [3.8, 4) is 0 Å². The van der Waals surface area contributed by atoms with E-state index in [4.69, 9.17) is 4.74 Å². The molecule has 0 aliphatic carbocycles. The highest BCUT2D eigenvalue weighted by Gasteiger charge is 2.32. The van der Waals surface area contributed by atoms with E-state index in [0.717, 1.165) is 19.4 Å². The Hall–Kier alpha value is -0.0800. The van der Waals surface area contributed by atoms with Crippen LogP contribution in [0.5, 0.6) is 0 Å². The largest absolute Gasteiger partial charge is 0.390 e. The van der Waals surface area contributed by atoms with Crippen molar-refractivity contribution in [2.75, 3.05) is 6.61 Å². The molecule has 2 nitrogen and oxygen atoms in total. The van der Waals surface area contributed by atoms with Gasteiger partial charge in [-0.15, -0.1) is 0 Å². The summed E-state index contributed by atoms with van der Waals surface area (Å²) in [5, 5.41) is 9.31. The molecule has 1 N–H and O–H groups in total. The lowest BCUT2D eigenvalue weighted by atomic mass is 9.91. The summed E-state index contributed by atoms with van der Waals surface area (Å²) in [5.41, 5.74) is -0.266. The number of ether oxygens (including phenoxy) is 1. The second-order valence-electron chi connectivity index (χ2n) is 3.29. The van der Waals surface area contributed by atoms with Crippen LogP contribution >= 0.6 is 0 Å². The van der Waals surface area contributed by atoms with Crippen molar-refractivity contribution in [3.63, 3.8) is 0 Å². The van der Waals surface area contributed by atoms with Crippen LogP contribution in [-0.2, 0) is 4.74 Å². The zero-order valence-corrected chi connectivity index (χ0v) is 6.76. The quantitative estimate of drug-likeness (QED) is 0.601. The third kappa shape index (κ3) is 1.50. The van der Waals surface area contributed by atoms with Crippen molar-refractivity contribution < 1.29 is 9.84 Å². The topological polar surface area (TPSA) is 29.5 Å². The first-order chi connectivity index (χ1) is 4.65. The highest BCUT2D eigenvalue weighted by molar-refractivity contribution is 4.83. The fraction of sp³-hybridized carbons (Fsp3) is 1.00. The molecule has 0 bridgehead atoms. The summed E-state index contributed by atoms with van der Waals surface area (Å²) in [7, 11) is 0. The summed E-state index contributed by atoms with van der Waals surface area (Å²) in [4.78, 5) is 0. The molecule has 0 aromatic rings.